The van der Waals surface area contributed by atoms with Crippen molar-refractivity contribution in [3.05, 3.63) is 108 Å². The van der Waals surface area contributed by atoms with E-state index in [1.54, 1.807) is 42.5 Å². The standard InChI is InChI=1S/C35H31N3O9S2/c39-34-32-25(19-27(48(41,42)43)21-29(32)36-35(40)24-11-5-2-6-12-24)20-31(49(44,45)46)33(34)38-37-28-13-7-8-14-30(28)47-26-17-15-23(16-18-26)22-9-3-1-4-10-22/h2,5-8,11-22,39H,1,3-4,9-10H2,(H,36,40)(H,41,42,43)(H,44,45,46). The predicted molar refractivity (Wildman–Crippen MR) is 183 cm³/mol. The fourth-order valence-corrected chi connectivity index (χ4v) is 7.09. The van der Waals surface area contributed by atoms with Gasteiger partial charge < -0.3 is 15.2 Å². The molecule has 0 aromatic heterocycles. The van der Waals surface area contributed by atoms with Crippen molar-refractivity contribution in [2.75, 3.05) is 5.32 Å². The molecule has 0 bridgehead atoms. The summed E-state index contributed by atoms with van der Waals surface area (Å²) in [6.45, 7) is 0. The van der Waals surface area contributed by atoms with Gasteiger partial charge >= 0.3 is 0 Å². The zero-order valence-corrected chi connectivity index (χ0v) is 27.5. The number of nitrogens with one attached hydrogen (secondary N) is 1. The molecule has 0 aliphatic heterocycles. The van der Waals surface area contributed by atoms with Crippen LogP contribution in [0.25, 0.3) is 10.8 Å². The number of benzene rings is 5. The number of anilines is 1. The molecule has 12 nitrogen and oxygen atoms in total. The summed E-state index contributed by atoms with van der Waals surface area (Å²) >= 11 is 0. The first-order valence-corrected chi connectivity index (χ1v) is 18.2. The van der Waals surface area contributed by atoms with Gasteiger partial charge in [-0.2, -0.15) is 16.8 Å². The van der Waals surface area contributed by atoms with Crippen molar-refractivity contribution < 1.29 is 40.6 Å². The van der Waals surface area contributed by atoms with Crippen LogP contribution in [0.15, 0.2) is 117 Å². The zero-order valence-electron chi connectivity index (χ0n) is 25.9. The molecular weight excluding hydrogens is 671 g/mol. The molecule has 1 amide bonds. The van der Waals surface area contributed by atoms with Gasteiger partial charge in [0.2, 0.25) is 0 Å². The molecule has 0 saturated heterocycles. The van der Waals surface area contributed by atoms with E-state index >= 15 is 0 Å². The molecule has 5 aromatic rings. The largest absolute Gasteiger partial charge is 0.505 e. The average molecular weight is 702 g/mol. The topological polar surface area (TPSA) is 192 Å². The molecule has 1 fully saturated rings. The Kier molecular flexibility index (Phi) is 9.48. The highest BCUT2D eigenvalue weighted by molar-refractivity contribution is 7.86. The lowest BCUT2D eigenvalue weighted by molar-refractivity contribution is 0.102. The van der Waals surface area contributed by atoms with Gasteiger partial charge in [0.25, 0.3) is 26.1 Å². The number of fused-ring (bicyclic) bond motifs is 1. The molecule has 0 spiro atoms. The summed E-state index contributed by atoms with van der Waals surface area (Å²) in [4.78, 5) is 11.4. The van der Waals surface area contributed by atoms with Crippen molar-refractivity contribution in [3.8, 4) is 17.2 Å². The van der Waals surface area contributed by atoms with Gasteiger partial charge in [0, 0.05) is 10.9 Å². The lowest BCUT2D eigenvalue weighted by atomic mass is 9.84. The number of azo groups is 1. The monoisotopic (exact) mass is 701 g/mol. The zero-order chi connectivity index (χ0) is 34.8. The van der Waals surface area contributed by atoms with Crippen LogP contribution in [0.1, 0.15) is 53.9 Å². The van der Waals surface area contributed by atoms with Crippen LogP contribution in [-0.2, 0) is 20.2 Å². The van der Waals surface area contributed by atoms with Gasteiger partial charge in [-0.15, -0.1) is 10.2 Å². The molecule has 0 radical (unpaired) electrons. The quantitative estimate of drug-likeness (QED) is 0.0861. The fourth-order valence-electron chi connectivity index (χ4n) is 5.89. The molecule has 49 heavy (non-hydrogen) atoms. The molecule has 252 valence electrons. The number of phenolic OH excluding ortho intramolecular Hbond substituents is 1. The molecular formula is C35H31N3O9S2. The summed E-state index contributed by atoms with van der Waals surface area (Å²) in [7, 11) is -9.97. The summed E-state index contributed by atoms with van der Waals surface area (Å²) in [6.07, 6.45) is 5.98. The molecule has 1 saturated carbocycles. The van der Waals surface area contributed by atoms with Gasteiger partial charge in [0.15, 0.2) is 11.5 Å². The van der Waals surface area contributed by atoms with Gasteiger partial charge in [-0.25, -0.2) is 0 Å². The van der Waals surface area contributed by atoms with Crippen molar-refractivity contribution >= 4 is 54.0 Å². The Balaban J connectivity index is 1.41. The van der Waals surface area contributed by atoms with Crippen LogP contribution in [-0.4, -0.2) is 37.0 Å². The molecule has 0 atom stereocenters. The van der Waals surface area contributed by atoms with Crippen molar-refractivity contribution in [2.24, 2.45) is 10.2 Å². The number of amides is 1. The van der Waals surface area contributed by atoms with Crippen LogP contribution in [0.4, 0.5) is 17.1 Å². The number of hydrogen-bond acceptors (Lipinski definition) is 9. The third-order valence-corrected chi connectivity index (χ3v) is 9.99. The van der Waals surface area contributed by atoms with Crippen LogP contribution in [0.3, 0.4) is 0 Å². The molecule has 4 N–H and O–H groups in total. The molecule has 1 aliphatic rings. The molecule has 5 aromatic carbocycles. The number of rotatable bonds is 9. The molecule has 0 heterocycles. The minimum absolute atomic E-state index is 0.152. The first-order valence-electron chi connectivity index (χ1n) is 15.3. The number of phenols is 1. The number of aromatic hydroxyl groups is 1. The van der Waals surface area contributed by atoms with Gasteiger partial charge in [0.05, 0.1) is 10.6 Å². The highest BCUT2D eigenvalue weighted by atomic mass is 32.2. The first-order chi connectivity index (χ1) is 23.4. The number of para-hydroxylation sites is 1. The lowest BCUT2D eigenvalue weighted by Gasteiger charge is -2.22. The highest BCUT2D eigenvalue weighted by Gasteiger charge is 2.26. The van der Waals surface area contributed by atoms with E-state index in [0.29, 0.717) is 11.7 Å². The second-order valence-electron chi connectivity index (χ2n) is 11.6. The minimum Gasteiger partial charge on any atom is -0.505 e. The maximum atomic E-state index is 13.0. The summed E-state index contributed by atoms with van der Waals surface area (Å²) in [6, 6.07) is 24.8. The summed E-state index contributed by atoms with van der Waals surface area (Å²) in [5.41, 5.74) is 0.584. The summed E-state index contributed by atoms with van der Waals surface area (Å²) in [5.74, 6) is -0.242. The van der Waals surface area contributed by atoms with Crippen molar-refractivity contribution in [1.29, 1.82) is 0 Å². The summed E-state index contributed by atoms with van der Waals surface area (Å²) in [5, 5.41) is 21.6. The fraction of sp³-hybridized carbons (Fsp3) is 0.171. The first kappa shape index (κ1) is 33.7. The Hall–Kier alpha value is -5.15. The van der Waals surface area contributed by atoms with Crippen LogP contribution >= 0.6 is 0 Å². The number of hydrogen-bond donors (Lipinski definition) is 4. The average Bonchev–Trinajstić information content (AvgIpc) is 3.08. The van der Waals surface area contributed by atoms with E-state index in [2.05, 4.69) is 15.5 Å². The van der Waals surface area contributed by atoms with Crippen LogP contribution in [0, 0.1) is 0 Å². The van der Waals surface area contributed by atoms with Crippen LogP contribution in [0.5, 0.6) is 17.2 Å². The normalized spacial score (nSPS) is 14.2. The Labute approximate surface area is 282 Å². The second kappa shape index (κ2) is 13.8. The number of nitrogens with zero attached hydrogens (tertiary/aromatic N) is 2. The van der Waals surface area contributed by atoms with E-state index in [0.717, 1.165) is 31.0 Å². The van der Waals surface area contributed by atoms with Crippen molar-refractivity contribution in [1.82, 2.24) is 0 Å². The molecule has 0 unspecified atom stereocenters. The Morgan fingerprint density at radius 1 is 0.776 bits per heavy atom. The van der Waals surface area contributed by atoms with E-state index in [4.69, 9.17) is 4.74 Å². The maximum absolute atomic E-state index is 13.0. The number of ether oxygens (including phenoxy) is 1. The van der Waals surface area contributed by atoms with E-state index < -0.39 is 47.4 Å². The molecule has 6 rings (SSSR count). The SMILES string of the molecule is O=C(Nc1cc(S(=O)(=O)O)cc2cc(S(=O)(=O)O)c(N=Nc3ccccc3Oc3ccc(C4CCCCC4)cc3)c(O)c12)c1ccccc1. The van der Waals surface area contributed by atoms with E-state index in [1.165, 1.54) is 37.0 Å². The van der Waals surface area contributed by atoms with E-state index in [1.807, 2.05) is 24.3 Å². The molecule has 1 aliphatic carbocycles. The molecule has 14 heteroatoms. The van der Waals surface area contributed by atoms with Gasteiger partial charge in [-0.3, -0.25) is 13.9 Å². The van der Waals surface area contributed by atoms with E-state index in [-0.39, 0.29) is 33.5 Å². The van der Waals surface area contributed by atoms with Crippen molar-refractivity contribution in [2.45, 2.75) is 47.8 Å². The van der Waals surface area contributed by atoms with E-state index in [9.17, 15) is 35.8 Å². The minimum atomic E-state index is -5.10. The Bertz CT molecular complexity index is 2290. The Morgan fingerprint density at radius 2 is 1.45 bits per heavy atom. The van der Waals surface area contributed by atoms with Crippen molar-refractivity contribution in [3.63, 3.8) is 0 Å². The third-order valence-electron chi connectivity index (χ3n) is 8.29. The maximum Gasteiger partial charge on any atom is 0.296 e. The predicted octanol–water partition coefficient (Wildman–Crippen LogP) is 8.55. The highest BCUT2D eigenvalue weighted by Crippen LogP contribution is 2.46. The smallest absolute Gasteiger partial charge is 0.296 e. The summed E-state index contributed by atoms with van der Waals surface area (Å²) < 4.78 is 75.2. The lowest BCUT2D eigenvalue weighted by Crippen LogP contribution is -2.13. The number of carbonyl (C=O) groups excluding carboxylic acids is 1. The third kappa shape index (κ3) is 7.62. The van der Waals surface area contributed by atoms with Crippen LogP contribution < -0.4 is 10.1 Å². The Morgan fingerprint density at radius 3 is 2.12 bits per heavy atom. The van der Waals surface area contributed by atoms with Gasteiger partial charge in [-0.05, 0) is 84.3 Å². The van der Waals surface area contributed by atoms with Gasteiger partial charge in [-0.1, -0.05) is 61.7 Å². The van der Waals surface area contributed by atoms with Crippen LogP contribution in [0.2, 0.25) is 0 Å². The second-order valence-corrected chi connectivity index (χ2v) is 14.4. The number of carbonyl (C=O) groups is 1. The van der Waals surface area contributed by atoms with Gasteiger partial charge in [0.1, 0.15) is 22.0 Å².